The lowest BCUT2D eigenvalue weighted by Gasteiger charge is -2.18. The number of nitrogen functional groups attached to an aromatic ring is 1. The number of anilines is 1. The molecule has 132 valence electrons. The number of ether oxygens (including phenoxy) is 2. The second kappa shape index (κ2) is 8.84. The van der Waals surface area contributed by atoms with Crippen molar-refractivity contribution in [2.45, 2.75) is 12.5 Å². The Kier molecular flexibility index (Phi) is 6.54. The van der Waals surface area contributed by atoms with Crippen LogP contribution in [0.25, 0.3) is 11.1 Å². The molecule has 0 fully saturated rings. The van der Waals surface area contributed by atoms with E-state index in [0.717, 1.165) is 5.56 Å². The van der Waals surface area contributed by atoms with Crippen molar-refractivity contribution >= 4 is 17.6 Å². The molecular formula is C19H22N2O4. The SMILES string of the molecule is COCC[C@@H](NC(=O)c1ccc(N)cc1-c1ccccc1)C(=O)OC. The number of carbonyl (C=O) groups excluding carboxylic acids is 2. The summed E-state index contributed by atoms with van der Waals surface area (Å²) in [6.07, 6.45) is 0.324. The van der Waals surface area contributed by atoms with E-state index >= 15 is 0 Å². The standard InChI is InChI=1S/C19H22N2O4/c1-24-11-10-17(19(23)25-2)21-18(22)15-9-8-14(20)12-16(15)13-6-4-3-5-7-13/h3-9,12,17H,10-11,20H2,1-2H3,(H,21,22)/t17-/m1/s1. The van der Waals surface area contributed by atoms with Gasteiger partial charge in [0.25, 0.3) is 5.91 Å². The average Bonchev–Trinajstić information content (AvgIpc) is 2.64. The highest BCUT2D eigenvalue weighted by atomic mass is 16.5. The molecule has 1 amide bonds. The van der Waals surface area contributed by atoms with Crippen molar-refractivity contribution in [3.63, 3.8) is 0 Å². The second-order valence-corrected chi connectivity index (χ2v) is 5.50. The van der Waals surface area contributed by atoms with Gasteiger partial charge in [-0.1, -0.05) is 30.3 Å². The van der Waals surface area contributed by atoms with E-state index in [9.17, 15) is 9.59 Å². The number of esters is 1. The molecule has 0 bridgehead atoms. The summed E-state index contributed by atoms with van der Waals surface area (Å²) in [6, 6.07) is 13.7. The van der Waals surface area contributed by atoms with Crippen molar-refractivity contribution in [2.75, 3.05) is 26.6 Å². The van der Waals surface area contributed by atoms with Crippen LogP contribution in [0.5, 0.6) is 0 Å². The molecule has 0 heterocycles. The molecule has 0 unspecified atom stereocenters. The topological polar surface area (TPSA) is 90.6 Å². The third kappa shape index (κ3) is 4.81. The summed E-state index contributed by atoms with van der Waals surface area (Å²) in [5.74, 6) is -0.882. The highest BCUT2D eigenvalue weighted by molar-refractivity contribution is 6.03. The van der Waals surface area contributed by atoms with Crippen LogP contribution in [0.4, 0.5) is 5.69 Å². The van der Waals surface area contributed by atoms with Crippen LogP contribution in [0.2, 0.25) is 0 Å². The summed E-state index contributed by atoms with van der Waals surface area (Å²) in [5.41, 5.74) is 8.44. The van der Waals surface area contributed by atoms with E-state index < -0.39 is 12.0 Å². The van der Waals surface area contributed by atoms with Crippen LogP contribution < -0.4 is 11.1 Å². The molecule has 6 heteroatoms. The number of hydrogen-bond donors (Lipinski definition) is 2. The highest BCUT2D eigenvalue weighted by Gasteiger charge is 2.23. The fraction of sp³-hybridized carbons (Fsp3) is 0.263. The quantitative estimate of drug-likeness (QED) is 0.595. The first-order valence-corrected chi connectivity index (χ1v) is 7.89. The maximum atomic E-state index is 12.7. The third-order valence-electron chi connectivity index (χ3n) is 3.77. The molecule has 2 rings (SSSR count). The zero-order chi connectivity index (χ0) is 18.2. The minimum atomic E-state index is -0.779. The van der Waals surface area contributed by atoms with Gasteiger partial charge in [0.15, 0.2) is 0 Å². The fourth-order valence-electron chi connectivity index (χ4n) is 2.48. The van der Waals surface area contributed by atoms with Crippen molar-refractivity contribution in [2.24, 2.45) is 0 Å². The van der Waals surface area contributed by atoms with Gasteiger partial charge in [0.1, 0.15) is 6.04 Å². The van der Waals surface area contributed by atoms with Crippen LogP contribution in [0, 0.1) is 0 Å². The Balaban J connectivity index is 2.30. The Labute approximate surface area is 146 Å². The Bertz CT molecular complexity index is 731. The number of carbonyl (C=O) groups is 2. The lowest BCUT2D eigenvalue weighted by molar-refractivity contribution is -0.143. The molecule has 0 aliphatic heterocycles. The minimum absolute atomic E-state index is 0.324. The number of nitrogens with one attached hydrogen (secondary N) is 1. The number of methoxy groups -OCH3 is 2. The first kappa shape index (κ1) is 18.5. The van der Waals surface area contributed by atoms with E-state index in [0.29, 0.717) is 29.8 Å². The minimum Gasteiger partial charge on any atom is -0.467 e. The van der Waals surface area contributed by atoms with Crippen LogP contribution in [-0.2, 0) is 14.3 Å². The maximum absolute atomic E-state index is 12.7. The lowest BCUT2D eigenvalue weighted by Crippen LogP contribution is -2.42. The van der Waals surface area contributed by atoms with Gasteiger partial charge in [-0.05, 0) is 29.3 Å². The average molecular weight is 342 g/mol. The van der Waals surface area contributed by atoms with Gasteiger partial charge in [-0.3, -0.25) is 4.79 Å². The van der Waals surface area contributed by atoms with Crippen LogP contribution in [0.15, 0.2) is 48.5 Å². The zero-order valence-electron chi connectivity index (χ0n) is 14.3. The maximum Gasteiger partial charge on any atom is 0.328 e. The molecule has 3 N–H and O–H groups in total. The number of amides is 1. The Morgan fingerprint density at radius 2 is 1.84 bits per heavy atom. The molecule has 1 atom stereocenters. The van der Waals surface area contributed by atoms with E-state index in [-0.39, 0.29) is 5.91 Å². The van der Waals surface area contributed by atoms with Crippen molar-refractivity contribution in [3.05, 3.63) is 54.1 Å². The van der Waals surface area contributed by atoms with Crippen molar-refractivity contribution in [3.8, 4) is 11.1 Å². The summed E-state index contributed by atoms with van der Waals surface area (Å²) < 4.78 is 9.74. The Morgan fingerprint density at radius 1 is 1.12 bits per heavy atom. The molecule has 2 aromatic rings. The summed E-state index contributed by atoms with van der Waals surface area (Å²) in [4.78, 5) is 24.6. The van der Waals surface area contributed by atoms with E-state index in [1.165, 1.54) is 14.2 Å². The second-order valence-electron chi connectivity index (χ2n) is 5.50. The van der Waals surface area contributed by atoms with Crippen LogP contribution in [-0.4, -0.2) is 38.7 Å². The van der Waals surface area contributed by atoms with Gasteiger partial charge in [0.05, 0.1) is 7.11 Å². The van der Waals surface area contributed by atoms with Gasteiger partial charge >= 0.3 is 5.97 Å². The summed E-state index contributed by atoms with van der Waals surface area (Å²) in [7, 11) is 2.82. The molecule has 0 saturated heterocycles. The predicted molar refractivity (Wildman–Crippen MR) is 96.1 cm³/mol. The zero-order valence-corrected chi connectivity index (χ0v) is 14.3. The molecule has 0 aliphatic carbocycles. The van der Waals surface area contributed by atoms with Crippen molar-refractivity contribution < 1.29 is 19.1 Å². The molecule has 0 aromatic heterocycles. The van der Waals surface area contributed by atoms with Crippen LogP contribution >= 0.6 is 0 Å². The molecule has 0 aliphatic rings. The predicted octanol–water partition coefficient (Wildman–Crippen LogP) is 2.24. The molecule has 2 aromatic carbocycles. The molecule has 25 heavy (non-hydrogen) atoms. The third-order valence-corrected chi connectivity index (χ3v) is 3.77. The van der Waals surface area contributed by atoms with Gasteiger partial charge in [-0.15, -0.1) is 0 Å². The molecule has 6 nitrogen and oxygen atoms in total. The summed E-state index contributed by atoms with van der Waals surface area (Å²) in [5, 5.41) is 2.71. The van der Waals surface area contributed by atoms with E-state index in [4.69, 9.17) is 15.2 Å². The van der Waals surface area contributed by atoms with Gasteiger partial charge < -0.3 is 20.5 Å². The first-order chi connectivity index (χ1) is 12.1. The van der Waals surface area contributed by atoms with E-state index in [1.807, 2.05) is 30.3 Å². The van der Waals surface area contributed by atoms with Crippen molar-refractivity contribution in [1.29, 1.82) is 0 Å². The fourth-order valence-corrected chi connectivity index (χ4v) is 2.48. The molecule has 0 radical (unpaired) electrons. The largest absolute Gasteiger partial charge is 0.467 e. The first-order valence-electron chi connectivity index (χ1n) is 7.89. The Hall–Kier alpha value is -2.86. The number of benzene rings is 2. The number of nitrogens with two attached hydrogens (primary N) is 1. The number of hydrogen-bond acceptors (Lipinski definition) is 5. The number of rotatable bonds is 7. The normalized spacial score (nSPS) is 11.6. The highest BCUT2D eigenvalue weighted by Crippen LogP contribution is 2.26. The monoisotopic (exact) mass is 342 g/mol. The van der Waals surface area contributed by atoms with Crippen LogP contribution in [0.3, 0.4) is 0 Å². The Morgan fingerprint density at radius 3 is 2.48 bits per heavy atom. The van der Waals surface area contributed by atoms with Crippen LogP contribution in [0.1, 0.15) is 16.8 Å². The van der Waals surface area contributed by atoms with Gasteiger partial charge in [-0.25, -0.2) is 4.79 Å². The van der Waals surface area contributed by atoms with Crippen molar-refractivity contribution in [1.82, 2.24) is 5.32 Å². The van der Waals surface area contributed by atoms with Gasteiger partial charge in [-0.2, -0.15) is 0 Å². The lowest BCUT2D eigenvalue weighted by atomic mass is 9.98. The van der Waals surface area contributed by atoms with E-state index in [2.05, 4.69) is 5.32 Å². The molecule has 0 saturated carbocycles. The van der Waals surface area contributed by atoms with E-state index in [1.54, 1.807) is 18.2 Å². The summed E-state index contributed by atoms with van der Waals surface area (Å²) >= 11 is 0. The summed E-state index contributed by atoms with van der Waals surface area (Å²) in [6.45, 7) is 0.327. The van der Waals surface area contributed by atoms with Gasteiger partial charge in [0, 0.05) is 31.4 Å². The molecule has 0 spiro atoms. The molecular weight excluding hydrogens is 320 g/mol. The smallest absolute Gasteiger partial charge is 0.328 e. The van der Waals surface area contributed by atoms with Gasteiger partial charge in [0.2, 0.25) is 0 Å².